The SMILES string of the molecule is O=C(NCc1ccncc1)c1ccc(N2CCNCC2)c(NS(=O)(=O)c2ccccc2)c1. The molecule has 3 aromatic rings. The largest absolute Gasteiger partial charge is 0.367 e. The number of benzene rings is 2. The number of aromatic nitrogens is 1. The standard InChI is InChI=1S/C23H25N5O3S/c29-23(26-17-18-8-10-24-11-9-18)19-6-7-22(28-14-12-25-13-15-28)21(16-19)27-32(30,31)20-4-2-1-3-5-20/h1-11,16,25,27H,12-15,17H2,(H,26,29). The number of carbonyl (C=O) groups is 1. The van der Waals surface area contributed by atoms with Crippen LogP contribution in [0.2, 0.25) is 0 Å². The van der Waals surface area contributed by atoms with Crippen molar-refractivity contribution in [2.45, 2.75) is 11.4 Å². The molecule has 0 unspecified atom stereocenters. The van der Waals surface area contributed by atoms with Gasteiger partial charge in [-0.15, -0.1) is 0 Å². The van der Waals surface area contributed by atoms with Crippen molar-refractivity contribution >= 4 is 27.3 Å². The summed E-state index contributed by atoms with van der Waals surface area (Å²) in [6.45, 7) is 3.45. The van der Waals surface area contributed by atoms with Crippen LogP contribution in [-0.2, 0) is 16.6 Å². The van der Waals surface area contributed by atoms with Crippen molar-refractivity contribution in [1.29, 1.82) is 0 Å². The second-order valence-corrected chi connectivity index (χ2v) is 9.11. The number of nitrogens with one attached hydrogen (secondary N) is 3. The van der Waals surface area contributed by atoms with E-state index in [1.807, 2.05) is 12.1 Å². The summed E-state index contributed by atoms with van der Waals surface area (Å²) in [7, 11) is -3.80. The van der Waals surface area contributed by atoms with Gasteiger partial charge in [0.05, 0.1) is 16.3 Å². The summed E-state index contributed by atoms with van der Waals surface area (Å²) >= 11 is 0. The molecule has 9 heteroatoms. The van der Waals surface area contributed by atoms with Gasteiger partial charge in [0.15, 0.2) is 0 Å². The molecule has 4 rings (SSSR count). The Bertz CT molecular complexity index is 1160. The van der Waals surface area contributed by atoms with Gasteiger partial charge < -0.3 is 15.5 Å². The van der Waals surface area contributed by atoms with Gasteiger partial charge in [-0.2, -0.15) is 0 Å². The van der Waals surface area contributed by atoms with E-state index in [9.17, 15) is 13.2 Å². The van der Waals surface area contributed by atoms with E-state index in [0.717, 1.165) is 37.4 Å². The van der Waals surface area contributed by atoms with Gasteiger partial charge in [0.2, 0.25) is 0 Å². The third kappa shape index (κ3) is 5.24. The Morgan fingerprint density at radius 1 is 1.00 bits per heavy atom. The molecular weight excluding hydrogens is 426 g/mol. The quantitative estimate of drug-likeness (QED) is 0.509. The highest BCUT2D eigenvalue weighted by atomic mass is 32.2. The summed E-state index contributed by atoms with van der Waals surface area (Å²) in [6, 6.07) is 17.0. The van der Waals surface area contributed by atoms with Crippen molar-refractivity contribution < 1.29 is 13.2 Å². The summed E-state index contributed by atoms with van der Waals surface area (Å²) in [5.41, 5.74) is 2.43. The van der Waals surface area contributed by atoms with Crippen LogP contribution in [0.1, 0.15) is 15.9 Å². The molecule has 32 heavy (non-hydrogen) atoms. The van der Waals surface area contributed by atoms with Crippen molar-refractivity contribution in [3.05, 3.63) is 84.2 Å². The van der Waals surface area contributed by atoms with Crippen LogP contribution in [0.3, 0.4) is 0 Å². The number of carbonyl (C=O) groups excluding carboxylic acids is 1. The highest BCUT2D eigenvalue weighted by molar-refractivity contribution is 7.92. The fourth-order valence-corrected chi connectivity index (χ4v) is 4.62. The lowest BCUT2D eigenvalue weighted by Gasteiger charge is -2.31. The third-order valence-corrected chi connectivity index (χ3v) is 6.60. The maximum atomic E-state index is 13.0. The zero-order chi connectivity index (χ0) is 22.4. The van der Waals surface area contributed by atoms with Crippen molar-refractivity contribution in [1.82, 2.24) is 15.6 Å². The smallest absolute Gasteiger partial charge is 0.261 e. The maximum absolute atomic E-state index is 13.0. The van der Waals surface area contributed by atoms with E-state index in [1.165, 1.54) is 12.1 Å². The van der Waals surface area contributed by atoms with Crippen molar-refractivity contribution in [3.8, 4) is 0 Å². The van der Waals surface area contributed by atoms with Crippen LogP contribution in [0.5, 0.6) is 0 Å². The van der Waals surface area contributed by atoms with Gasteiger partial charge in [0.1, 0.15) is 0 Å². The van der Waals surface area contributed by atoms with E-state index in [-0.39, 0.29) is 10.8 Å². The second-order valence-electron chi connectivity index (χ2n) is 7.43. The molecule has 0 bridgehead atoms. The van der Waals surface area contributed by atoms with E-state index in [4.69, 9.17) is 0 Å². The molecule has 8 nitrogen and oxygen atoms in total. The molecule has 0 radical (unpaired) electrons. The molecule has 166 valence electrons. The minimum atomic E-state index is -3.80. The number of anilines is 2. The van der Waals surface area contributed by atoms with Crippen LogP contribution >= 0.6 is 0 Å². The molecule has 1 amide bonds. The van der Waals surface area contributed by atoms with Gasteiger partial charge in [0, 0.05) is 50.7 Å². The predicted octanol–water partition coefficient (Wildman–Crippen LogP) is 2.22. The fraction of sp³-hybridized carbons (Fsp3) is 0.217. The minimum Gasteiger partial charge on any atom is -0.367 e. The highest BCUT2D eigenvalue weighted by Gasteiger charge is 2.21. The summed E-state index contributed by atoms with van der Waals surface area (Å²) in [6.07, 6.45) is 3.33. The molecule has 0 atom stereocenters. The molecule has 0 aliphatic carbocycles. The number of hydrogen-bond donors (Lipinski definition) is 3. The Morgan fingerprint density at radius 3 is 2.44 bits per heavy atom. The lowest BCUT2D eigenvalue weighted by atomic mass is 10.1. The van der Waals surface area contributed by atoms with Gasteiger partial charge >= 0.3 is 0 Å². The fourth-order valence-electron chi connectivity index (χ4n) is 3.53. The summed E-state index contributed by atoms with van der Waals surface area (Å²) in [5.74, 6) is -0.283. The van der Waals surface area contributed by atoms with E-state index < -0.39 is 10.0 Å². The molecule has 3 N–H and O–H groups in total. The highest BCUT2D eigenvalue weighted by Crippen LogP contribution is 2.30. The van der Waals surface area contributed by atoms with E-state index in [0.29, 0.717) is 17.8 Å². The third-order valence-electron chi connectivity index (χ3n) is 5.22. The van der Waals surface area contributed by atoms with Crippen LogP contribution in [-0.4, -0.2) is 45.5 Å². The van der Waals surface area contributed by atoms with E-state index >= 15 is 0 Å². The maximum Gasteiger partial charge on any atom is 0.261 e. The molecule has 1 aliphatic heterocycles. The topological polar surface area (TPSA) is 103 Å². The number of rotatable bonds is 7. The van der Waals surface area contributed by atoms with E-state index in [1.54, 1.807) is 48.8 Å². The van der Waals surface area contributed by atoms with Crippen LogP contribution in [0.15, 0.2) is 78.0 Å². The average molecular weight is 452 g/mol. The Hall–Kier alpha value is -3.43. The Kier molecular flexibility index (Phi) is 6.67. The normalized spacial score (nSPS) is 14.1. The first-order chi connectivity index (χ1) is 15.5. The Labute approximate surface area is 187 Å². The van der Waals surface area contributed by atoms with Gasteiger partial charge in [-0.3, -0.25) is 14.5 Å². The number of piperazine rings is 1. The van der Waals surface area contributed by atoms with Crippen LogP contribution in [0.25, 0.3) is 0 Å². The molecule has 0 saturated carbocycles. The number of hydrogen-bond acceptors (Lipinski definition) is 6. The summed E-state index contributed by atoms with van der Waals surface area (Å²) in [5, 5.41) is 6.16. The van der Waals surface area contributed by atoms with E-state index in [2.05, 4.69) is 25.2 Å². The summed E-state index contributed by atoms with van der Waals surface area (Å²) < 4.78 is 28.7. The van der Waals surface area contributed by atoms with Crippen LogP contribution < -0.4 is 20.3 Å². The first-order valence-electron chi connectivity index (χ1n) is 10.4. The second kappa shape index (κ2) is 9.80. The van der Waals surface area contributed by atoms with Gasteiger partial charge in [-0.05, 0) is 48.0 Å². The average Bonchev–Trinajstić information content (AvgIpc) is 2.84. The van der Waals surface area contributed by atoms with Crippen LogP contribution in [0.4, 0.5) is 11.4 Å². The zero-order valence-electron chi connectivity index (χ0n) is 17.5. The summed E-state index contributed by atoms with van der Waals surface area (Å²) in [4.78, 5) is 19.0. The molecule has 2 aromatic carbocycles. The molecular formula is C23H25N5O3S. The molecule has 2 heterocycles. The van der Waals surface area contributed by atoms with Gasteiger partial charge in [-0.1, -0.05) is 18.2 Å². The number of pyridine rings is 1. The number of amides is 1. The number of nitrogens with zero attached hydrogens (tertiary/aromatic N) is 2. The molecule has 1 aliphatic rings. The van der Waals surface area contributed by atoms with Crippen molar-refractivity contribution in [2.75, 3.05) is 35.8 Å². The lowest BCUT2D eigenvalue weighted by Crippen LogP contribution is -2.43. The predicted molar refractivity (Wildman–Crippen MR) is 124 cm³/mol. The number of sulfonamides is 1. The van der Waals surface area contributed by atoms with Crippen molar-refractivity contribution in [3.63, 3.8) is 0 Å². The van der Waals surface area contributed by atoms with Crippen LogP contribution in [0, 0.1) is 0 Å². The monoisotopic (exact) mass is 451 g/mol. The molecule has 0 spiro atoms. The zero-order valence-corrected chi connectivity index (χ0v) is 18.3. The Morgan fingerprint density at radius 2 is 1.72 bits per heavy atom. The molecule has 1 saturated heterocycles. The Balaban J connectivity index is 1.61. The first kappa shape index (κ1) is 21.8. The minimum absolute atomic E-state index is 0.166. The first-order valence-corrected chi connectivity index (χ1v) is 11.9. The van der Waals surface area contributed by atoms with Crippen molar-refractivity contribution in [2.24, 2.45) is 0 Å². The van der Waals surface area contributed by atoms with Gasteiger partial charge in [-0.25, -0.2) is 8.42 Å². The lowest BCUT2D eigenvalue weighted by molar-refractivity contribution is 0.0951. The van der Waals surface area contributed by atoms with Gasteiger partial charge in [0.25, 0.3) is 15.9 Å². The molecule has 1 aromatic heterocycles. The molecule has 1 fully saturated rings.